The highest BCUT2D eigenvalue weighted by molar-refractivity contribution is 5.00. The highest BCUT2D eigenvalue weighted by atomic mass is 16.5. The lowest BCUT2D eigenvalue weighted by Gasteiger charge is -2.31. The maximum Gasteiger partial charge on any atom is 0.101 e. The first-order valence-corrected chi connectivity index (χ1v) is 6.74. The van der Waals surface area contributed by atoms with Gasteiger partial charge in [-0.05, 0) is 50.9 Å². The first-order chi connectivity index (χ1) is 7.93. The Hall–Kier alpha value is -0.590. The van der Waals surface area contributed by atoms with Gasteiger partial charge >= 0.3 is 0 Å². The van der Waals surface area contributed by atoms with Crippen molar-refractivity contribution in [2.45, 2.75) is 64.5 Å². The molecule has 1 aliphatic carbocycles. The molecule has 3 atom stereocenters. The predicted molar refractivity (Wildman–Crippen MR) is 69.4 cm³/mol. The molecule has 0 radical (unpaired) electrons. The molecular formula is C14H26N2O. The number of hydrogen-bond donors (Lipinski definition) is 1. The third kappa shape index (κ3) is 5.52. The highest BCUT2D eigenvalue weighted by Gasteiger charge is 2.24. The molecule has 2 N–H and O–H groups in total. The summed E-state index contributed by atoms with van der Waals surface area (Å²) < 4.78 is 5.90. The van der Waals surface area contributed by atoms with E-state index in [9.17, 15) is 0 Å². The van der Waals surface area contributed by atoms with Crippen molar-refractivity contribution in [2.24, 2.45) is 17.6 Å². The van der Waals surface area contributed by atoms with E-state index in [1.807, 2.05) is 0 Å². The molecule has 0 aromatic carbocycles. The first kappa shape index (κ1) is 14.5. The van der Waals surface area contributed by atoms with E-state index in [-0.39, 0.29) is 0 Å². The minimum atomic E-state index is -0.698. The fraction of sp³-hybridized carbons (Fsp3) is 0.929. The molecule has 3 nitrogen and oxygen atoms in total. The Morgan fingerprint density at radius 3 is 2.41 bits per heavy atom. The quantitative estimate of drug-likeness (QED) is 0.749. The fourth-order valence-electron chi connectivity index (χ4n) is 2.75. The molecule has 1 aliphatic rings. The van der Waals surface area contributed by atoms with Crippen LogP contribution in [0.5, 0.6) is 0 Å². The van der Waals surface area contributed by atoms with E-state index < -0.39 is 5.54 Å². The van der Waals surface area contributed by atoms with Crippen molar-refractivity contribution in [1.82, 2.24) is 0 Å². The molecule has 0 amide bonds. The standard InChI is InChI=1S/C14H26N2O/c1-11-7-12(2)9-13(8-11)17-6-4-5-14(3,16)10-15/h11-13H,4-9,16H2,1-3H3. The Kier molecular flexibility index (Phi) is 5.42. The lowest BCUT2D eigenvalue weighted by Crippen LogP contribution is -2.34. The average Bonchev–Trinajstić information content (AvgIpc) is 2.23. The number of nitriles is 1. The van der Waals surface area contributed by atoms with Gasteiger partial charge in [-0.25, -0.2) is 0 Å². The minimum absolute atomic E-state index is 0.417. The van der Waals surface area contributed by atoms with Gasteiger partial charge in [0.2, 0.25) is 0 Å². The van der Waals surface area contributed by atoms with Crippen LogP contribution < -0.4 is 5.73 Å². The second-order valence-electron chi connectivity index (χ2n) is 6.04. The lowest BCUT2D eigenvalue weighted by molar-refractivity contribution is -0.00134. The third-order valence-corrected chi connectivity index (χ3v) is 3.58. The molecule has 17 heavy (non-hydrogen) atoms. The van der Waals surface area contributed by atoms with Crippen LogP contribution in [-0.4, -0.2) is 18.2 Å². The SMILES string of the molecule is CC1CC(C)CC(OCCCC(C)(N)C#N)C1. The number of ether oxygens (including phenoxy) is 1. The monoisotopic (exact) mass is 238 g/mol. The largest absolute Gasteiger partial charge is 0.378 e. The van der Waals surface area contributed by atoms with E-state index in [2.05, 4.69) is 19.9 Å². The van der Waals surface area contributed by atoms with Crippen molar-refractivity contribution < 1.29 is 4.74 Å². The highest BCUT2D eigenvalue weighted by Crippen LogP contribution is 2.30. The molecular weight excluding hydrogens is 212 g/mol. The summed E-state index contributed by atoms with van der Waals surface area (Å²) in [7, 11) is 0. The summed E-state index contributed by atoms with van der Waals surface area (Å²) in [6.45, 7) is 7.12. The molecule has 0 heterocycles. The molecule has 0 aromatic heterocycles. The van der Waals surface area contributed by atoms with Gasteiger partial charge in [-0.15, -0.1) is 0 Å². The molecule has 3 unspecified atom stereocenters. The topological polar surface area (TPSA) is 59.0 Å². The van der Waals surface area contributed by atoms with E-state index in [0.717, 1.165) is 24.9 Å². The second-order valence-corrected chi connectivity index (χ2v) is 6.04. The Morgan fingerprint density at radius 1 is 1.29 bits per heavy atom. The second kappa shape index (κ2) is 6.37. The maximum atomic E-state index is 8.80. The van der Waals surface area contributed by atoms with Crippen LogP contribution in [0.4, 0.5) is 0 Å². The van der Waals surface area contributed by atoms with E-state index >= 15 is 0 Å². The molecule has 3 heteroatoms. The zero-order valence-corrected chi connectivity index (χ0v) is 11.4. The van der Waals surface area contributed by atoms with Gasteiger partial charge < -0.3 is 10.5 Å². The van der Waals surface area contributed by atoms with E-state index in [1.54, 1.807) is 6.92 Å². The van der Waals surface area contributed by atoms with Gasteiger partial charge in [-0.1, -0.05) is 13.8 Å². The molecule has 1 rings (SSSR count). The van der Waals surface area contributed by atoms with Crippen LogP contribution in [-0.2, 0) is 4.74 Å². The number of nitrogens with zero attached hydrogens (tertiary/aromatic N) is 1. The van der Waals surface area contributed by atoms with E-state index in [4.69, 9.17) is 15.7 Å². The smallest absolute Gasteiger partial charge is 0.101 e. The summed E-state index contributed by atoms with van der Waals surface area (Å²) in [4.78, 5) is 0. The van der Waals surface area contributed by atoms with Crippen molar-refractivity contribution in [3.8, 4) is 6.07 Å². The summed E-state index contributed by atoms with van der Waals surface area (Å²) in [5, 5.41) is 8.80. The Balaban J connectivity index is 2.17. The van der Waals surface area contributed by atoms with E-state index in [0.29, 0.717) is 12.5 Å². The van der Waals surface area contributed by atoms with Gasteiger partial charge in [0.25, 0.3) is 0 Å². The Labute approximate surface area is 105 Å². The average molecular weight is 238 g/mol. The van der Waals surface area contributed by atoms with Gasteiger partial charge in [0, 0.05) is 6.61 Å². The molecule has 0 saturated heterocycles. The zero-order valence-electron chi connectivity index (χ0n) is 11.4. The van der Waals surface area contributed by atoms with Gasteiger partial charge in [0.1, 0.15) is 5.54 Å². The number of nitrogens with two attached hydrogens (primary N) is 1. The van der Waals surface area contributed by atoms with Gasteiger partial charge in [0.15, 0.2) is 0 Å². The molecule has 0 spiro atoms. The van der Waals surface area contributed by atoms with Crippen molar-refractivity contribution in [3.63, 3.8) is 0 Å². The normalized spacial score (nSPS) is 32.8. The van der Waals surface area contributed by atoms with Gasteiger partial charge in [0.05, 0.1) is 12.2 Å². The summed E-state index contributed by atoms with van der Waals surface area (Å²) in [5.41, 5.74) is 5.06. The molecule has 98 valence electrons. The Morgan fingerprint density at radius 2 is 1.88 bits per heavy atom. The van der Waals surface area contributed by atoms with Gasteiger partial charge in [-0.2, -0.15) is 5.26 Å². The molecule has 1 fully saturated rings. The fourth-order valence-corrected chi connectivity index (χ4v) is 2.75. The van der Waals surface area contributed by atoms with Crippen molar-refractivity contribution in [3.05, 3.63) is 0 Å². The van der Waals surface area contributed by atoms with Crippen molar-refractivity contribution in [1.29, 1.82) is 5.26 Å². The summed E-state index contributed by atoms with van der Waals surface area (Å²) in [5.74, 6) is 1.56. The molecule has 0 aliphatic heterocycles. The number of hydrogen-bond acceptors (Lipinski definition) is 3. The minimum Gasteiger partial charge on any atom is -0.378 e. The van der Waals surface area contributed by atoms with Crippen molar-refractivity contribution >= 4 is 0 Å². The van der Waals surface area contributed by atoms with E-state index in [1.165, 1.54) is 19.3 Å². The summed E-state index contributed by atoms with van der Waals surface area (Å²) >= 11 is 0. The van der Waals surface area contributed by atoms with Crippen LogP contribution in [0.25, 0.3) is 0 Å². The maximum absolute atomic E-state index is 8.80. The molecule has 0 bridgehead atoms. The van der Waals surface area contributed by atoms with Crippen LogP contribution in [0.1, 0.15) is 52.9 Å². The zero-order chi connectivity index (χ0) is 12.9. The van der Waals surface area contributed by atoms with Crippen LogP contribution in [0, 0.1) is 23.2 Å². The summed E-state index contributed by atoms with van der Waals surface area (Å²) in [6, 6.07) is 2.12. The van der Waals surface area contributed by atoms with Gasteiger partial charge in [-0.3, -0.25) is 0 Å². The van der Waals surface area contributed by atoms with Crippen LogP contribution in [0.15, 0.2) is 0 Å². The summed E-state index contributed by atoms with van der Waals surface area (Å²) in [6.07, 6.45) is 5.70. The Bertz CT molecular complexity index is 260. The van der Waals surface area contributed by atoms with Crippen LogP contribution in [0.3, 0.4) is 0 Å². The van der Waals surface area contributed by atoms with Crippen molar-refractivity contribution in [2.75, 3.05) is 6.61 Å². The van der Waals surface area contributed by atoms with Crippen LogP contribution in [0.2, 0.25) is 0 Å². The van der Waals surface area contributed by atoms with Crippen LogP contribution >= 0.6 is 0 Å². The molecule has 1 saturated carbocycles. The predicted octanol–water partition coefficient (Wildman–Crippen LogP) is 2.85. The first-order valence-electron chi connectivity index (χ1n) is 6.74. The molecule has 0 aromatic rings. The number of rotatable bonds is 5. The lowest BCUT2D eigenvalue weighted by atomic mass is 9.82. The third-order valence-electron chi connectivity index (χ3n) is 3.58.